The van der Waals surface area contributed by atoms with Crippen LogP contribution in [0.3, 0.4) is 0 Å². The number of benzene rings is 1. The Hall–Kier alpha value is -2.47. The molecule has 0 atom stereocenters. The molecule has 3 rings (SSSR count). The fourth-order valence-corrected chi connectivity index (χ4v) is 3.78. The lowest BCUT2D eigenvalue weighted by Crippen LogP contribution is -2.23. The van der Waals surface area contributed by atoms with E-state index < -0.39 is 0 Å². The maximum atomic E-state index is 12.7. The predicted molar refractivity (Wildman–Crippen MR) is 101 cm³/mol. The number of nitrogens with one attached hydrogen (secondary N) is 1. The number of rotatable bonds is 6. The van der Waals surface area contributed by atoms with Crippen LogP contribution in [0, 0.1) is 6.92 Å². The summed E-state index contributed by atoms with van der Waals surface area (Å²) in [6.07, 6.45) is 3.53. The van der Waals surface area contributed by atoms with Crippen LogP contribution in [0.15, 0.2) is 41.5 Å². The van der Waals surface area contributed by atoms with Gasteiger partial charge in [0.15, 0.2) is 0 Å². The molecule has 1 N–H and O–H groups in total. The van der Waals surface area contributed by atoms with Gasteiger partial charge in [0, 0.05) is 13.1 Å². The summed E-state index contributed by atoms with van der Waals surface area (Å²) < 4.78 is 1.64. The van der Waals surface area contributed by atoms with Gasteiger partial charge in [0.2, 0.25) is 0 Å². The lowest BCUT2D eigenvalue weighted by molar-refractivity contribution is 0.0954. The molecule has 0 unspecified atom stereocenters. The molecule has 0 aliphatic carbocycles. The third-order valence-corrected chi connectivity index (χ3v) is 5.37. The van der Waals surface area contributed by atoms with Crippen molar-refractivity contribution in [2.75, 3.05) is 0 Å². The van der Waals surface area contributed by atoms with Gasteiger partial charge < -0.3 is 5.32 Å². The minimum Gasteiger partial charge on any atom is -0.347 e. The van der Waals surface area contributed by atoms with Crippen molar-refractivity contribution in [1.29, 1.82) is 0 Å². The van der Waals surface area contributed by atoms with E-state index in [1.165, 1.54) is 11.3 Å². The number of fused-ring (bicyclic) bond motifs is 1. The number of nitrogens with zero attached hydrogens (tertiary/aromatic N) is 2. The highest BCUT2D eigenvalue weighted by atomic mass is 32.1. The molecule has 0 aliphatic rings. The Kier molecular flexibility index (Phi) is 5.28. The number of unbranched alkanes of at least 4 members (excludes halogenated alkanes) is 1. The number of carbonyl (C=O) groups is 1. The Balaban J connectivity index is 1.86. The maximum Gasteiger partial charge on any atom is 0.262 e. The molecular formula is C19H21N3O2S. The van der Waals surface area contributed by atoms with E-state index in [-0.39, 0.29) is 11.5 Å². The third-order valence-electron chi connectivity index (χ3n) is 4.17. The number of aryl methyl sites for hydroxylation is 2. The standard InChI is InChI=1S/C19H21N3O2S/c1-3-4-10-22-12-21-18-15(19(22)24)13(2)16(25-18)17(23)20-11-14-8-6-5-7-9-14/h5-9,12H,3-4,10-11H2,1-2H3,(H,20,23). The summed E-state index contributed by atoms with van der Waals surface area (Å²) in [6.45, 7) is 5.02. The Morgan fingerprint density at radius 2 is 2.04 bits per heavy atom. The summed E-state index contributed by atoms with van der Waals surface area (Å²) in [4.78, 5) is 30.8. The van der Waals surface area contributed by atoms with Gasteiger partial charge in [-0.1, -0.05) is 43.7 Å². The minimum absolute atomic E-state index is 0.0608. The minimum atomic E-state index is -0.163. The van der Waals surface area contributed by atoms with E-state index in [4.69, 9.17) is 0 Å². The van der Waals surface area contributed by atoms with Crippen molar-refractivity contribution in [2.24, 2.45) is 0 Å². The molecule has 130 valence electrons. The SMILES string of the molecule is CCCCn1cnc2sc(C(=O)NCc3ccccc3)c(C)c2c1=O. The van der Waals surface area contributed by atoms with Gasteiger partial charge >= 0.3 is 0 Å². The molecule has 0 bridgehead atoms. The topological polar surface area (TPSA) is 64.0 Å². The second-order valence-corrected chi connectivity index (χ2v) is 7.00. The van der Waals surface area contributed by atoms with Crippen LogP contribution in [0.2, 0.25) is 0 Å². The molecular weight excluding hydrogens is 334 g/mol. The first-order chi connectivity index (χ1) is 12.1. The van der Waals surface area contributed by atoms with E-state index >= 15 is 0 Å². The average Bonchev–Trinajstić information content (AvgIpc) is 2.97. The van der Waals surface area contributed by atoms with Gasteiger partial charge in [-0.3, -0.25) is 14.2 Å². The Labute approximate surface area is 150 Å². The highest BCUT2D eigenvalue weighted by Gasteiger charge is 2.19. The van der Waals surface area contributed by atoms with Crippen molar-refractivity contribution in [1.82, 2.24) is 14.9 Å². The molecule has 0 aliphatic heterocycles. The molecule has 0 spiro atoms. The van der Waals surface area contributed by atoms with Crippen LogP contribution < -0.4 is 10.9 Å². The zero-order valence-corrected chi connectivity index (χ0v) is 15.2. The monoisotopic (exact) mass is 355 g/mol. The van der Waals surface area contributed by atoms with Gasteiger partial charge in [0.1, 0.15) is 4.83 Å². The molecule has 2 aromatic heterocycles. The number of aromatic nitrogens is 2. The summed E-state index contributed by atoms with van der Waals surface area (Å²) in [6, 6.07) is 9.75. The number of hydrogen-bond donors (Lipinski definition) is 1. The smallest absolute Gasteiger partial charge is 0.262 e. The van der Waals surface area contributed by atoms with Gasteiger partial charge in [-0.05, 0) is 24.5 Å². The van der Waals surface area contributed by atoms with E-state index in [0.717, 1.165) is 18.4 Å². The zero-order chi connectivity index (χ0) is 17.8. The van der Waals surface area contributed by atoms with E-state index in [1.807, 2.05) is 37.3 Å². The molecule has 0 saturated carbocycles. The second-order valence-electron chi connectivity index (χ2n) is 6.00. The van der Waals surface area contributed by atoms with Crippen LogP contribution in [0.1, 0.15) is 40.6 Å². The molecule has 2 heterocycles. The fourth-order valence-electron chi connectivity index (χ4n) is 2.72. The van der Waals surface area contributed by atoms with Gasteiger partial charge in [0.05, 0.1) is 16.6 Å². The predicted octanol–water partition coefficient (Wildman–Crippen LogP) is 3.50. The van der Waals surface area contributed by atoms with Crippen LogP contribution in [-0.4, -0.2) is 15.5 Å². The first-order valence-electron chi connectivity index (χ1n) is 8.42. The number of amides is 1. The van der Waals surface area contributed by atoms with Crippen LogP contribution in [-0.2, 0) is 13.1 Å². The van der Waals surface area contributed by atoms with Crippen LogP contribution in [0.25, 0.3) is 10.2 Å². The fraction of sp³-hybridized carbons (Fsp3) is 0.316. The average molecular weight is 355 g/mol. The van der Waals surface area contributed by atoms with E-state index in [2.05, 4.69) is 17.2 Å². The van der Waals surface area contributed by atoms with Gasteiger partial charge in [-0.15, -0.1) is 11.3 Å². The summed E-state index contributed by atoms with van der Waals surface area (Å²) >= 11 is 1.28. The first-order valence-corrected chi connectivity index (χ1v) is 9.24. The van der Waals surface area contributed by atoms with Gasteiger partial charge in [0.25, 0.3) is 11.5 Å². The third kappa shape index (κ3) is 3.64. The summed E-state index contributed by atoms with van der Waals surface area (Å²) in [5.74, 6) is -0.163. The molecule has 0 radical (unpaired) electrons. The van der Waals surface area contributed by atoms with Crippen molar-refractivity contribution in [3.05, 3.63) is 63.0 Å². The van der Waals surface area contributed by atoms with Gasteiger partial charge in [-0.25, -0.2) is 4.98 Å². The molecule has 0 saturated heterocycles. The van der Waals surface area contributed by atoms with Crippen molar-refractivity contribution in [3.63, 3.8) is 0 Å². The largest absolute Gasteiger partial charge is 0.347 e. The Morgan fingerprint density at radius 3 is 2.76 bits per heavy atom. The second kappa shape index (κ2) is 7.61. The number of carbonyl (C=O) groups excluding carboxylic acids is 1. The van der Waals surface area contributed by atoms with Crippen LogP contribution in [0.5, 0.6) is 0 Å². The Morgan fingerprint density at radius 1 is 1.28 bits per heavy atom. The van der Waals surface area contributed by atoms with E-state index in [1.54, 1.807) is 10.9 Å². The van der Waals surface area contributed by atoms with Crippen molar-refractivity contribution in [2.45, 2.75) is 39.8 Å². The first kappa shape index (κ1) is 17.4. The normalized spacial score (nSPS) is 11.0. The number of thiophene rings is 1. The maximum absolute atomic E-state index is 12.7. The summed E-state index contributed by atoms with van der Waals surface area (Å²) in [5, 5.41) is 3.48. The number of hydrogen-bond acceptors (Lipinski definition) is 4. The van der Waals surface area contributed by atoms with Crippen LogP contribution in [0.4, 0.5) is 0 Å². The highest BCUT2D eigenvalue weighted by molar-refractivity contribution is 7.20. The van der Waals surface area contributed by atoms with E-state index in [9.17, 15) is 9.59 Å². The molecule has 1 amide bonds. The Bertz CT molecular complexity index is 944. The lowest BCUT2D eigenvalue weighted by atomic mass is 10.2. The van der Waals surface area contributed by atoms with Crippen LogP contribution >= 0.6 is 11.3 Å². The molecule has 3 aromatic rings. The molecule has 1 aromatic carbocycles. The molecule has 6 heteroatoms. The molecule has 25 heavy (non-hydrogen) atoms. The quantitative estimate of drug-likeness (QED) is 0.736. The molecule has 5 nitrogen and oxygen atoms in total. The van der Waals surface area contributed by atoms with Crippen molar-refractivity contribution in [3.8, 4) is 0 Å². The van der Waals surface area contributed by atoms with Gasteiger partial charge in [-0.2, -0.15) is 0 Å². The zero-order valence-electron chi connectivity index (χ0n) is 14.4. The van der Waals surface area contributed by atoms with E-state index in [0.29, 0.717) is 33.7 Å². The summed E-state index contributed by atoms with van der Waals surface area (Å²) in [7, 11) is 0. The highest BCUT2D eigenvalue weighted by Crippen LogP contribution is 2.26. The van der Waals surface area contributed by atoms with Crippen molar-refractivity contribution < 1.29 is 4.79 Å². The van der Waals surface area contributed by atoms with Crippen molar-refractivity contribution >= 4 is 27.5 Å². The molecule has 0 fully saturated rings. The lowest BCUT2D eigenvalue weighted by Gasteiger charge is -2.05. The summed E-state index contributed by atoms with van der Waals surface area (Å²) in [5.41, 5.74) is 1.69.